The van der Waals surface area contributed by atoms with Gasteiger partial charge in [0.1, 0.15) is 5.69 Å². The van der Waals surface area contributed by atoms with E-state index < -0.39 is 0 Å². The molecule has 0 unspecified atom stereocenters. The Hall–Kier alpha value is -1.32. The van der Waals surface area contributed by atoms with Gasteiger partial charge in [-0.05, 0) is 23.7 Å². The summed E-state index contributed by atoms with van der Waals surface area (Å²) in [7, 11) is 0. The number of hydrogen-bond donors (Lipinski definition) is 0. The van der Waals surface area contributed by atoms with Crippen molar-refractivity contribution < 1.29 is 4.79 Å². The van der Waals surface area contributed by atoms with Gasteiger partial charge in [0.05, 0.1) is 0 Å². The molecular formula is C10H6Cl2N2O. The van der Waals surface area contributed by atoms with Crippen LogP contribution in [0, 0.1) is 0 Å². The Morgan fingerprint density at radius 3 is 2.47 bits per heavy atom. The summed E-state index contributed by atoms with van der Waals surface area (Å²) in [5.41, 5.74) is 1.01. The van der Waals surface area contributed by atoms with E-state index >= 15 is 0 Å². The zero-order valence-electron chi connectivity index (χ0n) is 7.52. The average molecular weight is 241 g/mol. The third-order valence-electron chi connectivity index (χ3n) is 1.95. The van der Waals surface area contributed by atoms with E-state index in [0.717, 1.165) is 5.69 Å². The molecule has 1 aromatic carbocycles. The second-order valence-electron chi connectivity index (χ2n) is 2.85. The fraction of sp³-hybridized carbons (Fsp3) is 0. The highest BCUT2D eigenvalue weighted by Gasteiger charge is 2.14. The molecule has 0 saturated heterocycles. The third-order valence-corrected chi connectivity index (χ3v) is 2.48. The van der Waals surface area contributed by atoms with E-state index in [1.807, 2.05) is 30.3 Å². The standard InChI is InChI=1S/C10H6Cl2N2O/c11-9-8(6-15)14(10(12)13-9)7-4-2-1-3-5-7/h1-6H. The van der Waals surface area contributed by atoms with Crippen LogP contribution in [0.4, 0.5) is 0 Å². The van der Waals surface area contributed by atoms with Gasteiger partial charge < -0.3 is 0 Å². The lowest BCUT2D eigenvalue weighted by molar-refractivity contribution is 0.111. The molecule has 2 aromatic rings. The number of benzene rings is 1. The van der Waals surface area contributed by atoms with Gasteiger partial charge in [-0.15, -0.1) is 0 Å². The molecule has 0 fully saturated rings. The van der Waals surface area contributed by atoms with E-state index in [1.165, 1.54) is 4.57 Å². The molecule has 1 heterocycles. The summed E-state index contributed by atoms with van der Waals surface area (Å²) < 4.78 is 1.50. The fourth-order valence-corrected chi connectivity index (χ4v) is 1.83. The SMILES string of the molecule is O=Cc1c(Cl)nc(Cl)n1-c1ccccc1. The summed E-state index contributed by atoms with van der Waals surface area (Å²) >= 11 is 11.6. The lowest BCUT2D eigenvalue weighted by Crippen LogP contribution is -1.98. The summed E-state index contributed by atoms with van der Waals surface area (Å²) in [6.07, 6.45) is 0.633. The Kier molecular flexibility index (Phi) is 2.75. The molecule has 0 N–H and O–H groups in total. The number of nitrogens with zero attached hydrogens (tertiary/aromatic N) is 2. The molecule has 0 aliphatic rings. The minimum atomic E-state index is 0.110. The van der Waals surface area contributed by atoms with Crippen LogP contribution in [0.15, 0.2) is 30.3 Å². The molecule has 2 rings (SSSR count). The Morgan fingerprint density at radius 2 is 1.87 bits per heavy atom. The summed E-state index contributed by atoms with van der Waals surface area (Å²) in [6, 6.07) is 9.19. The minimum absolute atomic E-state index is 0.110. The van der Waals surface area contributed by atoms with Crippen LogP contribution in [-0.2, 0) is 0 Å². The summed E-state index contributed by atoms with van der Waals surface area (Å²) in [4.78, 5) is 14.7. The molecule has 0 amide bonds. The van der Waals surface area contributed by atoms with Crippen LogP contribution < -0.4 is 0 Å². The number of aldehydes is 1. The van der Waals surface area contributed by atoms with Gasteiger partial charge in [0.15, 0.2) is 11.4 Å². The maximum atomic E-state index is 10.8. The van der Waals surface area contributed by atoms with Crippen LogP contribution in [0.25, 0.3) is 5.69 Å². The molecule has 0 atom stereocenters. The molecule has 3 nitrogen and oxygen atoms in total. The van der Waals surface area contributed by atoms with E-state index in [9.17, 15) is 4.79 Å². The molecule has 15 heavy (non-hydrogen) atoms. The normalized spacial score (nSPS) is 10.3. The third kappa shape index (κ3) is 1.76. The van der Waals surface area contributed by atoms with Crippen LogP contribution >= 0.6 is 23.2 Å². The molecule has 0 aliphatic heterocycles. The first kappa shape index (κ1) is 10.2. The van der Waals surface area contributed by atoms with Crippen molar-refractivity contribution in [2.75, 3.05) is 0 Å². The molecule has 1 aromatic heterocycles. The second kappa shape index (κ2) is 4.04. The predicted octanol–water partition coefficient (Wildman–Crippen LogP) is 2.99. The van der Waals surface area contributed by atoms with Gasteiger partial charge in [-0.25, -0.2) is 4.98 Å². The first-order valence-corrected chi connectivity index (χ1v) is 4.94. The zero-order chi connectivity index (χ0) is 10.8. The van der Waals surface area contributed by atoms with Crippen molar-refractivity contribution in [1.29, 1.82) is 0 Å². The van der Waals surface area contributed by atoms with E-state index in [1.54, 1.807) is 0 Å². The topological polar surface area (TPSA) is 34.9 Å². The maximum absolute atomic E-state index is 10.8. The van der Waals surface area contributed by atoms with Gasteiger partial charge in [-0.3, -0.25) is 9.36 Å². The average Bonchev–Trinajstić information content (AvgIpc) is 2.54. The lowest BCUT2D eigenvalue weighted by atomic mass is 10.3. The number of carbonyl (C=O) groups excluding carboxylic acids is 1. The molecular weight excluding hydrogens is 235 g/mol. The van der Waals surface area contributed by atoms with Crippen molar-refractivity contribution in [1.82, 2.24) is 9.55 Å². The van der Waals surface area contributed by atoms with Crippen LogP contribution in [-0.4, -0.2) is 15.8 Å². The van der Waals surface area contributed by atoms with Gasteiger partial charge in [0.2, 0.25) is 5.28 Å². The minimum Gasteiger partial charge on any atom is -0.296 e. The maximum Gasteiger partial charge on any atom is 0.209 e. The highest BCUT2D eigenvalue weighted by atomic mass is 35.5. The van der Waals surface area contributed by atoms with Crippen LogP contribution in [0.1, 0.15) is 10.5 Å². The Bertz CT molecular complexity index is 494. The van der Waals surface area contributed by atoms with Crippen LogP contribution in [0.3, 0.4) is 0 Å². The van der Waals surface area contributed by atoms with Crippen molar-refractivity contribution >= 4 is 29.5 Å². The molecule has 0 bridgehead atoms. The fourth-order valence-electron chi connectivity index (χ4n) is 1.30. The first-order chi connectivity index (χ1) is 7.24. The number of aromatic nitrogens is 2. The Balaban J connectivity index is 2.67. The molecule has 0 aliphatic carbocycles. The van der Waals surface area contributed by atoms with Crippen molar-refractivity contribution in [3.63, 3.8) is 0 Å². The molecule has 0 radical (unpaired) electrons. The van der Waals surface area contributed by atoms with Gasteiger partial charge in [-0.1, -0.05) is 29.8 Å². The zero-order valence-corrected chi connectivity index (χ0v) is 9.03. The van der Waals surface area contributed by atoms with Crippen LogP contribution in [0.5, 0.6) is 0 Å². The van der Waals surface area contributed by atoms with E-state index in [-0.39, 0.29) is 16.1 Å². The highest BCUT2D eigenvalue weighted by Crippen LogP contribution is 2.23. The predicted molar refractivity (Wildman–Crippen MR) is 59.0 cm³/mol. The van der Waals surface area contributed by atoms with E-state index in [2.05, 4.69) is 4.98 Å². The summed E-state index contributed by atoms with van der Waals surface area (Å²) in [5, 5.41) is 0.284. The monoisotopic (exact) mass is 240 g/mol. The summed E-state index contributed by atoms with van der Waals surface area (Å²) in [5.74, 6) is 0. The van der Waals surface area contributed by atoms with Crippen molar-refractivity contribution in [3.05, 3.63) is 46.5 Å². The lowest BCUT2D eigenvalue weighted by Gasteiger charge is -2.04. The van der Waals surface area contributed by atoms with Crippen LogP contribution in [0.2, 0.25) is 10.4 Å². The summed E-state index contributed by atoms with van der Waals surface area (Å²) in [6.45, 7) is 0. The molecule has 5 heteroatoms. The number of imidazole rings is 1. The van der Waals surface area contributed by atoms with Gasteiger partial charge in [0.25, 0.3) is 0 Å². The van der Waals surface area contributed by atoms with Crippen molar-refractivity contribution in [2.24, 2.45) is 0 Å². The number of para-hydroxylation sites is 1. The first-order valence-electron chi connectivity index (χ1n) is 4.18. The van der Waals surface area contributed by atoms with Crippen molar-refractivity contribution in [2.45, 2.75) is 0 Å². The Morgan fingerprint density at radius 1 is 1.20 bits per heavy atom. The largest absolute Gasteiger partial charge is 0.296 e. The number of halogens is 2. The van der Waals surface area contributed by atoms with E-state index in [4.69, 9.17) is 23.2 Å². The Labute approximate surface area is 96.3 Å². The number of hydrogen-bond acceptors (Lipinski definition) is 2. The van der Waals surface area contributed by atoms with Gasteiger partial charge in [-0.2, -0.15) is 0 Å². The molecule has 0 spiro atoms. The number of carbonyl (C=O) groups is 1. The van der Waals surface area contributed by atoms with Gasteiger partial charge in [0, 0.05) is 5.69 Å². The second-order valence-corrected chi connectivity index (χ2v) is 3.54. The molecule has 0 saturated carbocycles. The van der Waals surface area contributed by atoms with Gasteiger partial charge >= 0.3 is 0 Å². The molecule has 76 valence electrons. The quantitative estimate of drug-likeness (QED) is 0.757. The van der Waals surface area contributed by atoms with E-state index in [0.29, 0.717) is 6.29 Å². The number of rotatable bonds is 2. The highest BCUT2D eigenvalue weighted by molar-refractivity contribution is 6.34. The van der Waals surface area contributed by atoms with Crippen molar-refractivity contribution in [3.8, 4) is 5.69 Å². The smallest absolute Gasteiger partial charge is 0.209 e.